The van der Waals surface area contributed by atoms with E-state index in [1.54, 1.807) is 41.8 Å². The van der Waals surface area contributed by atoms with Crippen LogP contribution >= 0.6 is 0 Å². The van der Waals surface area contributed by atoms with Crippen LogP contribution < -0.4 is 16.2 Å². The number of amides is 2. The van der Waals surface area contributed by atoms with Crippen molar-refractivity contribution < 1.29 is 9.59 Å². The Morgan fingerprint density at radius 3 is 2.63 bits per heavy atom. The van der Waals surface area contributed by atoms with E-state index in [9.17, 15) is 14.4 Å². The van der Waals surface area contributed by atoms with Crippen LogP contribution in [0.2, 0.25) is 0 Å². The number of fused-ring (bicyclic) bond motifs is 1. The average Bonchev–Trinajstić information content (AvgIpc) is 3.52. The first-order valence-electron chi connectivity index (χ1n) is 12.3. The fraction of sp³-hybridized carbons (Fsp3) is 0.172. The number of hydrogen-bond donors (Lipinski definition) is 3. The maximum Gasteiger partial charge on any atom is 0.280 e. The molecule has 1 aliphatic rings. The van der Waals surface area contributed by atoms with Gasteiger partial charge in [-0.1, -0.05) is 54.6 Å². The minimum atomic E-state index is -0.413. The number of rotatable bonds is 7. The summed E-state index contributed by atoms with van der Waals surface area (Å²) in [5.74, 6) is -0.587. The van der Waals surface area contributed by atoms with E-state index in [4.69, 9.17) is 0 Å². The van der Waals surface area contributed by atoms with E-state index in [0.717, 1.165) is 33.8 Å². The quantitative estimate of drug-likeness (QED) is 0.332. The zero-order chi connectivity index (χ0) is 26.8. The molecule has 2 amide bonds. The van der Waals surface area contributed by atoms with Gasteiger partial charge in [-0.15, -0.1) is 0 Å². The number of nitrogens with zero attached hydrogens (tertiary/aromatic N) is 3. The number of aromatic nitrogens is 4. The topological polar surface area (TPSA) is 114 Å². The predicted octanol–water partition coefficient (Wildman–Crippen LogP) is 3.51. The van der Waals surface area contributed by atoms with Crippen molar-refractivity contribution in [1.29, 1.82) is 0 Å². The lowest BCUT2D eigenvalue weighted by atomic mass is 10.0. The van der Waals surface area contributed by atoms with Gasteiger partial charge in [0.1, 0.15) is 5.56 Å². The first kappa shape index (κ1) is 24.8. The minimum absolute atomic E-state index is 0.142. The molecule has 0 fully saturated rings. The number of nitrogens with one attached hydrogen (secondary N) is 3. The van der Waals surface area contributed by atoms with Crippen molar-refractivity contribution in [2.24, 2.45) is 7.05 Å². The molecule has 0 unspecified atom stereocenters. The Balaban J connectivity index is 1.25. The second-order valence-electron chi connectivity index (χ2n) is 9.17. The van der Waals surface area contributed by atoms with Gasteiger partial charge in [0, 0.05) is 36.2 Å². The fourth-order valence-electron chi connectivity index (χ4n) is 4.50. The summed E-state index contributed by atoms with van der Waals surface area (Å²) in [6.07, 6.45) is 7.04. The molecule has 38 heavy (non-hydrogen) atoms. The van der Waals surface area contributed by atoms with Crippen molar-refractivity contribution in [2.45, 2.75) is 20.4 Å². The zero-order valence-electron chi connectivity index (χ0n) is 21.4. The third kappa shape index (κ3) is 4.73. The molecule has 0 aliphatic carbocycles. The van der Waals surface area contributed by atoms with Crippen LogP contribution in [-0.4, -0.2) is 37.7 Å². The van der Waals surface area contributed by atoms with Crippen molar-refractivity contribution in [2.75, 3.05) is 11.9 Å². The summed E-state index contributed by atoms with van der Waals surface area (Å²) >= 11 is 0. The van der Waals surface area contributed by atoms with Crippen LogP contribution in [0.4, 0.5) is 5.69 Å². The van der Waals surface area contributed by atoms with Crippen LogP contribution in [-0.2, 0) is 18.4 Å². The van der Waals surface area contributed by atoms with E-state index in [0.29, 0.717) is 17.8 Å². The molecule has 4 aromatic rings. The van der Waals surface area contributed by atoms with Gasteiger partial charge < -0.3 is 15.6 Å². The first-order valence-corrected chi connectivity index (χ1v) is 12.3. The fourth-order valence-corrected chi connectivity index (χ4v) is 4.50. The summed E-state index contributed by atoms with van der Waals surface area (Å²) in [6, 6.07) is 15.3. The predicted molar refractivity (Wildman–Crippen MR) is 148 cm³/mol. The highest BCUT2D eigenvalue weighted by Gasteiger charge is 2.25. The van der Waals surface area contributed by atoms with Gasteiger partial charge in [0.2, 0.25) is 0 Å². The van der Waals surface area contributed by atoms with E-state index in [2.05, 4.69) is 20.6 Å². The largest absolute Gasteiger partial charge is 0.348 e. The van der Waals surface area contributed by atoms with Crippen LogP contribution in [0.25, 0.3) is 17.7 Å². The number of H-pyrrole nitrogens is 1. The molecule has 3 heterocycles. The molecule has 9 heteroatoms. The van der Waals surface area contributed by atoms with Crippen LogP contribution in [0.1, 0.15) is 44.1 Å². The normalized spacial score (nSPS) is 13.8. The van der Waals surface area contributed by atoms with Gasteiger partial charge in [-0.25, -0.2) is 9.67 Å². The van der Waals surface area contributed by atoms with Crippen LogP contribution in [0.5, 0.6) is 0 Å². The molecule has 192 valence electrons. The van der Waals surface area contributed by atoms with E-state index >= 15 is 0 Å². The number of anilines is 1. The standard InChI is InChI=1S/C29H28N6O3/c1-18-24(32-17-31-18)15-23-22-12-11-20(14-25(22)33-27(23)36)10-7-13-30-28(37)26-19(2)34(3)35(29(26)38)16-21-8-5-4-6-9-21/h4-12,14-15,17H,13,16H2,1-3H3,(H,30,37)(H,31,32)(H,33,36)/b10-7+,23-15?. The Labute approximate surface area is 219 Å². The van der Waals surface area contributed by atoms with Gasteiger partial charge in [0.15, 0.2) is 0 Å². The van der Waals surface area contributed by atoms with Crippen LogP contribution in [0, 0.1) is 13.8 Å². The maximum atomic E-state index is 13.0. The Hall–Kier alpha value is -4.92. The highest BCUT2D eigenvalue weighted by Crippen LogP contribution is 2.34. The molecule has 0 saturated carbocycles. The molecule has 0 atom stereocenters. The highest BCUT2D eigenvalue weighted by atomic mass is 16.2. The van der Waals surface area contributed by atoms with Crippen molar-refractivity contribution >= 4 is 35.2 Å². The van der Waals surface area contributed by atoms with Gasteiger partial charge in [-0.2, -0.15) is 0 Å². The molecule has 2 aromatic carbocycles. The first-order chi connectivity index (χ1) is 18.3. The van der Waals surface area contributed by atoms with E-state index in [1.807, 2.05) is 61.5 Å². The van der Waals surface area contributed by atoms with Crippen molar-refractivity contribution in [3.05, 3.63) is 111 Å². The number of imidazole rings is 1. The van der Waals surface area contributed by atoms with Gasteiger partial charge in [0.25, 0.3) is 17.4 Å². The summed E-state index contributed by atoms with van der Waals surface area (Å²) in [5, 5.41) is 5.71. The van der Waals surface area contributed by atoms with Crippen molar-refractivity contribution in [3.63, 3.8) is 0 Å². The second kappa shape index (κ2) is 10.2. The van der Waals surface area contributed by atoms with Crippen molar-refractivity contribution in [3.8, 4) is 0 Å². The smallest absolute Gasteiger partial charge is 0.280 e. The lowest BCUT2D eigenvalue weighted by Gasteiger charge is -2.08. The van der Waals surface area contributed by atoms with Gasteiger partial charge in [0.05, 0.1) is 24.1 Å². The lowest BCUT2D eigenvalue weighted by Crippen LogP contribution is -2.30. The number of carbonyl (C=O) groups excluding carboxylic acids is 2. The number of aromatic amines is 1. The van der Waals surface area contributed by atoms with Crippen molar-refractivity contribution in [1.82, 2.24) is 24.6 Å². The molecular formula is C29H28N6O3. The molecule has 0 saturated heterocycles. The monoisotopic (exact) mass is 508 g/mol. The number of carbonyl (C=O) groups is 2. The summed E-state index contributed by atoms with van der Waals surface area (Å²) < 4.78 is 3.28. The number of aryl methyl sites for hydroxylation is 1. The third-order valence-electron chi connectivity index (χ3n) is 6.73. The minimum Gasteiger partial charge on any atom is -0.348 e. The number of benzene rings is 2. The molecule has 0 spiro atoms. The SMILES string of the molecule is Cc1[nH]cnc1C=C1C(=O)Nc2cc(/C=C/CNC(=O)c3c(C)n(C)n(Cc4ccccc4)c3=O)ccc21. The molecule has 0 radical (unpaired) electrons. The van der Waals surface area contributed by atoms with Gasteiger partial charge in [-0.05, 0) is 37.1 Å². The summed E-state index contributed by atoms with van der Waals surface area (Å²) in [4.78, 5) is 45.7. The van der Waals surface area contributed by atoms with Gasteiger partial charge in [-0.3, -0.25) is 19.1 Å². The summed E-state index contributed by atoms with van der Waals surface area (Å²) in [7, 11) is 1.78. The molecule has 2 aromatic heterocycles. The van der Waals surface area contributed by atoms with E-state index in [1.165, 1.54) is 0 Å². The molecule has 5 rings (SSSR count). The molecule has 0 bridgehead atoms. The Morgan fingerprint density at radius 2 is 1.89 bits per heavy atom. The Kier molecular flexibility index (Phi) is 6.66. The lowest BCUT2D eigenvalue weighted by molar-refractivity contribution is -0.110. The summed E-state index contributed by atoms with van der Waals surface area (Å²) in [6.45, 7) is 4.30. The Morgan fingerprint density at radius 1 is 1.11 bits per heavy atom. The molecule has 3 N–H and O–H groups in total. The molecule has 1 aliphatic heterocycles. The van der Waals surface area contributed by atoms with Crippen LogP contribution in [0.3, 0.4) is 0 Å². The van der Waals surface area contributed by atoms with E-state index < -0.39 is 5.91 Å². The molecular weight excluding hydrogens is 480 g/mol. The number of hydrogen-bond acceptors (Lipinski definition) is 4. The average molecular weight is 509 g/mol. The Bertz CT molecular complexity index is 1650. The zero-order valence-corrected chi connectivity index (χ0v) is 21.4. The third-order valence-corrected chi connectivity index (χ3v) is 6.73. The molecule has 9 nitrogen and oxygen atoms in total. The second-order valence-corrected chi connectivity index (χ2v) is 9.17. The van der Waals surface area contributed by atoms with Crippen LogP contribution in [0.15, 0.2) is 65.7 Å². The highest BCUT2D eigenvalue weighted by molar-refractivity contribution is 6.34. The summed E-state index contributed by atoms with van der Waals surface area (Å²) in [5.41, 5.74) is 6.00. The van der Waals surface area contributed by atoms with Gasteiger partial charge >= 0.3 is 0 Å². The van der Waals surface area contributed by atoms with E-state index in [-0.39, 0.29) is 23.6 Å². The maximum absolute atomic E-state index is 13.0.